The number of fused-ring (bicyclic) bond motifs is 4. The molecule has 3 heteroatoms. The van der Waals surface area contributed by atoms with E-state index >= 15 is 0 Å². The zero-order valence-corrected chi connectivity index (χ0v) is 26.7. The summed E-state index contributed by atoms with van der Waals surface area (Å²) in [4.78, 5) is 13.1. The molecule has 8 aromatic carbocycles. The van der Waals surface area contributed by atoms with Crippen molar-refractivity contribution in [2.24, 2.45) is 0 Å². The lowest BCUT2D eigenvalue weighted by Gasteiger charge is -2.28. The van der Waals surface area contributed by atoms with Crippen LogP contribution in [-0.4, -0.2) is 9.97 Å². The quantitative estimate of drug-likeness (QED) is 0.172. The first-order valence-corrected chi connectivity index (χ1v) is 16.6. The fraction of sp³-hybridized carbons (Fsp3) is 0. The smallest absolute Gasteiger partial charge is 0.0973 e. The summed E-state index contributed by atoms with van der Waals surface area (Å²) in [6.45, 7) is 0. The second kappa shape index (κ2) is 12.2. The van der Waals surface area contributed by atoms with Crippen molar-refractivity contribution in [1.82, 2.24) is 9.97 Å². The number of nitrogens with zero attached hydrogens (tertiary/aromatic N) is 3. The molecular formula is C46H31N3. The number of anilines is 3. The van der Waals surface area contributed by atoms with Crippen LogP contribution >= 0.6 is 0 Å². The lowest BCUT2D eigenvalue weighted by molar-refractivity contribution is 1.29. The summed E-state index contributed by atoms with van der Waals surface area (Å²) < 4.78 is 0. The Morgan fingerprint density at radius 2 is 0.898 bits per heavy atom. The summed E-state index contributed by atoms with van der Waals surface area (Å²) in [5.41, 5.74) is 11.2. The van der Waals surface area contributed by atoms with E-state index in [1.54, 1.807) is 0 Å². The molecule has 230 valence electrons. The highest BCUT2D eigenvalue weighted by molar-refractivity contribution is 6.08. The predicted octanol–water partition coefficient (Wildman–Crippen LogP) is 12.4. The van der Waals surface area contributed by atoms with Gasteiger partial charge in [0.15, 0.2) is 0 Å². The normalized spacial score (nSPS) is 11.3. The van der Waals surface area contributed by atoms with Gasteiger partial charge in [-0.3, -0.25) is 0 Å². The van der Waals surface area contributed by atoms with Gasteiger partial charge in [-0.05, 0) is 58.3 Å². The van der Waals surface area contributed by atoms with Crippen molar-refractivity contribution in [3.8, 4) is 33.6 Å². The van der Waals surface area contributed by atoms with Gasteiger partial charge in [0.25, 0.3) is 0 Å². The second-order valence-electron chi connectivity index (χ2n) is 12.2. The number of benzene rings is 8. The molecule has 0 saturated carbocycles. The molecule has 49 heavy (non-hydrogen) atoms. The van der Waals surface area contributed by atoms with Crippen molar-refractivity contribution < 1.29 is 0 Å². The highest BCUT2D eigenvalue weighted by atomic mass is 15.1. The molecule has 3 nitrogen and oxygen atoms in total. The molecule has 0 saturated heterocycles. The number of aromatic nitrogens is 2. The van der Waals surface area contributed by atoms with E-state index in [-0.39, 0.29) is 0 Å². The van der Waals surface area contributed by atoms with Crippen LogP contribution in [-0.2, 0) is 0 Å². The minimum atomic E-state index is 0.867. The van der Waals surface area contributed by atoms with E-state index in [1.165, 1.54) is 21.9 Å². The van der Waals surface area contributed by atoms with E-state index in [9.17, 15) is 0 Å². The molecule has 0 fully saturated rings. The van der Waals surface area contributed by atoms with Crippen molar-refractivity contribution in [3.05, 3.63) is 188 Å². The SMILES string of the molecule is c1ccc(-c2cccc(N(c3ccc4ccc5nc(-c6ccccc6)c(-c6ccccc6)nc5c4c3)c3cccc4ccccc34)c2)cc1. The molecule has 0 amide bonds. The van der Waals surface area contributed by atoms with E-state index < -0.39 is 0 Å². The molecule has 0 spiro atoms. The lowest BCUT2D eigenvalue weighted by Crippen LogP contribution is -2.10. The molecule has 0 aliphatic rings. The molecular weight excluding hydrogens is 595 g/mol. The Bertz CT molecular complexity index is 2590. The highest BCUT2D eigenvalue weighted by Gasteiger charge is 2.19. The van der Waals surface area contributed by atoms with Crippen molar-refractivity contribution in [2.45, 2.75) is 0 Å². The molecule has 0 atom stereocenters. The third-order valence-electron chi connectivity index (χ3n) is 9.21. The van der Waals surface area contributed by atoms with Crippen molar-refractivity contribution in [1.29, 1.82) is 0 Å². The van der Waals surface area contributed by atoms with Gasteiger partial charge in [0.1, 0.15) is 0 Å². The number of hydrogen-bond donors (Lipinski definition) is 0. The monoisotopic (exact) mass is 625 g/mol. The number of rotatable bonds is 6. The van der Waals surface area contributed by atoms with Crippen LogP contribution in [0, 0.1) is 0 Å². The number of hydrogen-bond acceptors (Lipinski definition) is 3. The molecule has 9 aromatic rings. The Labute approximate surface area is 285 Å². The average molecular weight is 626 g/mol. The molecule has 1 heterocycles. The maximum absolute atomic E-state index is 5.42. The standard InChI is InChI=1S/C46H31N3/c1-4-14-32(15-5-1)37-22-12-23-38(30-37)49(43-25-13-21-33-16-10-11-24-40(33)43)39-28-26-34-27-29-42-46(41(34)31-39)48-45(36-19-8-3-9-20-36)44(47-42)35-17-6-2-7-18-35/h1-31H. The Balaban J connectivity index is 1.30. The lowest BCUT2D eigenvalue weighted by atomic mass is 10.0. The Morgan fingerprint density at radius 3 is 1.65 bits per heavy atom. The van der Waals surface area contributed by atoms with Gasteiger partial charge < -0.3 is 4.90 Å². The summed E-state index contributed by atoms with van der Waals surface area (Å²) in [5, 5.41) is 4.56. The van der Waals surface area contributed by atoms with Gasteiger partial charge in [0.2, 0.25) is 0 Å². The largest absolute Gasteiger partial charge is 0.310 e. The Morgan fingerprint density at radius 1 is 0.347 bits per heavy atom. The van der Waals surface area contributed by atoms with E-state index in [0.717, 1.165) is 61.4 Å². The van der Waals surface area contributed by atoms with Gasteiger partial charge in [-0.1, -0.05) is 152 Å². The van der Waals surface area contributed by atoms with Crippen LogP contribution in [0.4, 0.5) is 17.1 Å². The zero-order valence-electron chi connectivity index (χ0n) is 26.7. The first-order chi connectivity index (χ1) is 24.3. The molecule has 0 aliphatic heterocycles. The highest BCUT2D eigenvalue weighted by Crippen LogP contribution is 2.42. The van der Waals surface area contributed by atoms with Crippen molar-refractivity contribution >= 4 is 49.6 Å². The minimum absolute atomic E-state index is 0.867. The molecule has 0 bridgehead atoms. The van der Waals surface area contributed by atoms with E-state index in [2.05, 4.69) is 181 Å². The molecule has 0 aliphatic carbocycles. The molecule has 0 unspecified atom stereocenters. The average Bonchev–Trinajstić information content (AvgIpc) is 3.18. The van der Waals surface area contributed by atoms with Crippen LogP contribution < -0.4 is 4.90 Å². The van der Waals surface area contributed by atoms with Crippen LogP contribution in [0.1, 0.15) is 0 Å². The second-order valence-corrected chi connectivity index (χ2v) is 12.2. The van der Waals surface area contributed by atoms with Crippen LogP contribution in [0.3, 0.4) is 0 Å². The van der Waals surface area contributed by atoms with Gasteiger partial charge in [-0.15, -0.1) is 0 Å². The first-order valence-electron chi connectivity index (χ1n) is 16.6. The third kappa shape index (κ3) is 5.28. The summed E-state index contributed by atoms with van der Waals surface area (Å²) in [7, 11) is 0. The fourth-order valence-corrected chi connectivity index (χ4v) is 6.85. The zero-order chi connectivity index (χ0) is 32.6. The van der Waals surface area contributed by atoms with Crippen LogP contribution in [0.5, 0.6) is 0 Å². The maximum Gasteiger partial charge on any atom is 0.0973 e. The van der Waals surface area contributed by atoms with Gasteiger partial charge in [-0.25, -0.2) is 9.97 Å². The summed E-state index contributed by atoms with van der Waals surface area (Å²) in [6.07, 6.45) is 0. The summed E-state index contributed by atoms with van der Waals surface area (Å²) >= 11 is 0. The topological polar surface area (TPSA) is 29.0 Å². The summed E-state index contributed by atoms with van der Waals surface area (Å²) in [6, 6.07) is 66.2. The van der Waals surface area contributed by atoms with Crippen molar-refractivity contribution in [3.63, 3.8) is 0 Å². The van der Waals surface area contributed by atoms with E-state index in [1.807, 2.05) is 12.1 Å². The van der Waals surface area contributed by atoms with Crippen LogP contribution in [0.2, 0.25) is 0 Å². The van der Waals surface area contributed by atoms with E-state index in [0.29, 0.717) is 0 Å². The maximum atomic E-state index is 5.42. The molecule has 9 rings (SSSR count). The molecule has 0 N–H and O–H groups in total. The Kier molecular flexibility index (Phi) is 7.14. The minimum Gasteiger partial charge on any atom is -0.310 e. The molecule has 0 radical (unpaired) electrons. The van der Waals surface area contributed by atoms with Crippen molar-refractivity contribution in [2.75, 3.05) is 4.90 Å². The third-order valence-corrected chi connectivity index (χ3v) is 9.21. The van der Waals surface area contributed by atoms with Gasteiger partial charge in [-0.2, -0.15) is 0 Å². The molecule has 1 aromatic heterocycles. The predicted molar refractivity (Wildman–Crippen MR) is 206 cm³/mol. The summed E-state index contributed by atoms with van der Waals surface area (Å²) in [5.74, 6) is 0. The van der Waals surface area contributed by atoms with Gasteiger partial charge in [0, 0.05) is 33.3 Å². The van der Waals surface area contributed by atoms with Gasteiger partial charge >= 0.3 is 0 Å². The Hall–Kier alpha value is -6.58. The van der Waals surface area contributed by atoms with Crippen LogP contribution in [0.15, 0.2) is 188 Å². The van der Waals surface area contributed by atoms with Crippen LogP contribution in [0.25, 0.3) is 66.2 Å². The first kappa shape index (κ1) is 28.6. The van der Waals surface area contributed by atoms with E-state index in [4.69, 9.17) is 9.97 Å². The van der Waals surface area contributed by atoms with Gasteiger partial charge in [0.05, 0.1) is 28.1 Å². The fourth-order valence-electron chi connectivity index (χ4n) is 6.85.